The molecule has 1 aliphatic heterocycles. The molecule has 1 fully saturated rings. The van der Waals surface area contributed by atoms with E-state index in [1.54, 1.807) is 28.0 Å². The zero-order valence-corrected chi connectivity index (χ0v) is 16.9. The number of amides is 2. The maximum Gasteiger partial charge on any atom is 0.255 e. The topological polar surface area (TPSA) is 84.2 Å². The lowest BCUT2D eigenvalue weighted by molar-refractivity contribution is 0.0535. The minimum absolute atomic E-state index is 0.0802. The van der Waals surface area contributed by atoms with Gasteiger partial charge in [0.25, 0.3) is 11.8 Å². The van der Waals surface area contributed by atoms with E-state index in [4.69, 9.17) is 11.6 Å². The second-order valence-corrected chi connectivity index (χ2v) is 7.37. The summed E-state index contributed by atoms with van der Waals surface area (Å²) in [5, 5.41) is 11.2. The standard InChI is InChI=1S/C20H18ClFN6O2/c1-13-10-14(2-5-18(13)28-12-23-24-25-28)19(29)26-6-8-27(9-7-26)20(30)16-4-3-15(22)11-17(16)21/h2-5,10-12H,6-9H2,1H3. The van der Waals surface area contributed by atoms with E-state index in [0.29, 0.717) is 31.7 Å². The molecule has 0 aliphatic carbocycles. The molecule has 4 rings (SSSR count). The number of piperazine rings is 1. The normalized spacial score (nSPS) is 14.1. The van der Waals surface area contributed by atoms with Gasteiger partial charge in [-0.2, -0.15) is 0 Å². The van der Waals surface area contributed by atoms with Crippen LogP contribution in [0.15, 0.2) is 42.7 Å². The summed E-state index contributed by atoms with van der Waals surface area (Å²) < 4.78 is 14.8. The smallest absolute Gasteiger partial charge is 0.255 e. The number of aryl methyl sites for hydroxylation is 1. The van der Waals surface area contributed by atoms with Crippen LogP contribution in [0, 0.1) is 12.7 Å². The summed E-state index contributed by atoms with van der Waals surface area (Å²) in [6.07, 6.45) is 1.49. The molecule has 0 atom stereocenters. The number of carbonyl (C=O) groups is 2. The summed E-state index contributed by atoms with van der Waals surface area (Å²) >= 11 is 6.00. The average molecular weight is 429 g/mol. The zero-order chi connectivity index (χ0) is 21.3. The van der Waals surface area contributed by atoms with Gasteiger partial charge in [-0.25, -0.2) is 9.07 Å². The Morgan fingerprint density at radius 2 is 1.70 bits per heavy atom. The quantitative estimate of drug-likeness (QED) is 0.639. The number of halogens is 2. The van der Waals surface area contributed by atoms with Crippen molar-refractivity contribution in [2.45, 2.75) is 6.92 Å². The van der Waals surface area contributed by atoms with Crippen LogP contribution in [0.25, 0.3) is 5.69 Å². The van der Waals surface area contributed by atoms with Gasteiger partial charge in [-0.1, -0.05) is 11.6 Å². The number of rotatable bonds is 3. The van der Waals surface area contributed by atoms with E-state index in [-0.39, 0.29) is 22.4 Å². The first-order chi connectivity index (χ1) is 14.4. The number of hydrogen-bond donors (Lipinski definition) is 0. The van der Waals surface area contributed by atoms with Crippen molar-refractivity contribution >= 4 is 23.4 Å². The van der Waals surface area contributed by atoms with Gasteiger partial charge in [0.1, 0.15) is 12.1 Å². The van der Waals surface area contributed by atoms with Crippen LogP contribution >= 0.6 is 11.6 Å². The van der Waals surface area contributed by atoms with Crippen molar-refractivity contribution in [2.75, 3.05) is 26.2 Å². The van der Waals surface area contributed by atoms with E-state index in [0.717, 1.165) is 17.3 Å². The summed E-state index contributed by atoms with van der Waals surface area (Å²) in [5.74, 6) is -0.865. The Morgan fingerprint density at radius 3 is 2.30 bits per heavy atom. The third kappa shape index (κ3) is 3.88. The number of hydrogen-bond acceptors (Lipinski definition) is 5. The molecule has 8 nitrogen and oxygen atoms in total. The van der Waals surface area contributed by atoms with Gasteiger partial charge in [0.2, 0.25) is 0 Å². The maximum atomic E-state index is 13.2. The molecule has 2 aromatic carbocycles. The van der Waals surface area contributed by atoms with E-state index in [1.807, 2.05) is 6.92 Å². The Balaban J connectivity index is 1.42. The lowest BCUT2D eigenvalue weighted by Gasteiger charge is -2.35. The maximum absolute atomic E-state index is 13.2. The molecular formula is C20H18ClFN6O2. The number of benzene rings is 2. The number of aromatic nitrogens is 4. The summed E-state index contributed by atoms with van der Waals surface area (Å²) in [6.45, 7) is 3.44. The van der Waals surface area contributed by atoms with Crippen LogP contribution in [-0.4, -0.2) is 68.0 Å². The average Bonchev–Trinajstić information content (AvgIpc) is 3.27. The second-order valence-electron chi connectivity index (χ2n) is 6.96. The summed E-state index contributed by atoms with van der Waals surface area (Å²) in [6, 6.07) is 9.05. The number of carbonyl (C=O) groups excluding carboxylic acids is 2. The Morgan fingerprint density at radius 1 is 1.00 bits per heavy atom. The van der Waals surface area contributed by atoms with Gasteiger partial charge in [0.05, 0.1) is 16.3 Å². The van der Waals surface area contributed by atoms with E-state index in [1.165, 1.54) is 23.1 Å². The van der Waals surface area contributed by atoms with Crippen LogP contribution in [0.4, 0.5) is 4.39 Å². The predicted octanol–water partition coefficient (Wildman–Crippen LogP) is 2.36. The molecule has 0 N–H and O–H groups in total. The molecule has 154 valence electrons. The molecule has 1 aliphatic rings. The van der Waals surface area contributed by atoms with Gasteiger partial charge in [-0.3, -0.25) is 9.59 Å². The summed E-state index contributed by atoms with van der Waals surface area (Å²) in [7, 11) is 0. The Labute approximate surface area is 176 Å². The third-order valence-electron chi connectivity index (χ3n) is 5.06. The minimum Gasteiger partial charge on any atom is -0.335 e. The first-order valence-electron chi connectivity index (χ1n) is 9.31. The van der Waals surface area contributed by atoms with Crippen LogP contribution in [0.3, 0.4) is 0 Å². The van der Waals surface area contributed by atoms with E-state index < -0.39 is 5.82 Å². The molecule has 2 amide bonds. The van der Waals surface area contributed by atoms with Gasteiger partial charge in [0, 0.05) is 31.7 Å². The van der Waals surface area contributed by atoms with Crippen LogP contribution < -0.4 is 0 Å². The Hall–Kier alpha value is -3.33. The lowest BCUT2D eigenvalue weighted by Crippen LogP contribution is -2.50. The highest BCUT2D eigenvalue weighted by Gasteiger charge is 2.26. The SMILES string of the molecule is Cc1cc(C(=O)N2CCN(C(=O)c3ccc(F)cc3Cl)CC2)ccc1-n1cnnn1. The molecule has 0 radical (unpaired) electrons. The molecule has 0 saturated carbocycles. The van der Waals surface area contributed by atoms with Crippen LogP contribution in [0.2, 0.25) is 5.02 Å². The van der Waals surface area contributed by atoms with Gasteiger partial charge in [0.15, 0.2) is 0 Å². The molecule has 2 heterocycles. The van der Waals surface area contributed by atoms with Gasteiger partial charge < -0.3 is 9.80 Å². The lowest BCUT2D eigenvalue weighted by atomic mass is 10.1. The zero-order valence-electron chi connectivity index (χ0n) is 16.1. The Bertz CT molecular complexity index is 1100. The molecule has 10 heteroatoms. The molecule has 0 bridgehead atoms. The highest BCUT2D eigenvalue weighted by atomic mass is 35.5. The van der Waals surface area contributed by atoms with Gasteiger partial charge in [-0.05, 0) is 59.3 Å². The molecule has 0 spiro atoms. The van der Waals surface area contributed by atoms with Crippen molar-refractivity contribution in [3.63, 3.8) is 0 Å². The Kier molecular flexibility index (Phi) is 5.45. The van der Waals surface area contributed by atoms with E-state index in [2.05, 4.69) is 15.5 Å². The first-order valence-corrected chi connectivity index (χ1v) is 9.69. The van der Waals surface area contributed by atoms with Crippen molar-refractivity contribution < 1.29 is 14.0 Å². The first kappa shape index (κ1) is 20.0. The van der Waals surface area contributed by atoms with Crippen molar-refractivity contribution in [3.8, 4) is 5.69 Å². The molecular weight excluding hydrogens is 411 g/mol. The third-order valence-corrected chi connectivity index (χ3v) is 5.37. The second kappa shape index (κ2) is 8.19. The highest BCUT2D eigenvalue weighted by Crippen LogP contribution is 2.21. The number of tetrazole rings is 1. The van der Waals surface area contributed by atoms with Crippen molar-refractivity contribution in [1.82, 2.24) is 30.0 Å². The summed E-state index contributed by atoms with van der Waals surface area (Å²) in [5.41, 5.74) is 2.48. The van der Waals surface area contributed by atoms with Crippen LogP contribution in [-0.2, 0) is 0 Å². The van der Waals surface area contributed by atoms with Crippen LogP contribution in [0.5, 0.6) is 0 Å². The van der Waals surface area contributed by atoms with E-state index >= 15 is 0 Å². The molecule has 30 heavy (non-hydrogen) atoms. The van der Waals surface area contributed by atoms with Gasteiger partial charge >= 0.3 is 0 Å². The number of nitrogens with zero attached hydrogens (tertiary/aromatic N) is 6. The fourth-order valence-electron chi connectivity index (χ4n) is 3.45. The van der Waals surface area contributed by atoms with Crippen molar-refractivity contribution in [2.24, 2.45) is 0 Å². The summed E-state index contributed by atoms with van der Waals surface area (Å²) in [4.78, 5) is 28.9. The fourth-order valence-corrected chi connectivity index (χ4v) is 3.69. The molecule has 1 saturated heterocycles. The predicted molar refractivity (Wildman–Crippen MR) is 107 cm³/mol. The monoisotopic (exact) mass is 428 g/mol. The minimum atomic E-state index is -0.492. The van der Waals surface area contributed by atoms with E-state index in [9.17, 15) is 14.0 Å². The van der Waals surface area contributed by atoms with Crippen molar-refractivity contribution in [1.29, 1.82) is 0 Å². The molecule has 0 unspecified atom stereocenters. The van der Waals surface area contributed by atoms with Crippen molar-refractivity contribution in [3.05, 3.63) is 70.3 Å². The van der Waals surface area contributed by atoms with Gasteiger partial charge in [-0.15, -0.1) is 5.10 Å². The highest BCUT2D eigenvalue weighted by molar-refractivity contribution is 6.33. The largest absolute Gasteiger partial charge is 0.335 e. The van der Waals surface area contributed by atoms with Crippen LogP contribution in [0.1, 0.15) is 26.3 Å². The molecule has 1 aromatic heterocycles. The fraction of sp³-hybridized carbons (Fsp3) is 0.250. The molecule has 3 aromatic rings.